The van der Waals surface area contributed by atoms with Crippen LogP contribution in [0, 0.1) is 26.1 Å². The van der Waals surface area contributed by atoms with Crippen molar-refractivity contribution in [2.45, 2.75) is 38.8 Å². The summed E-state index contributed by atoms with van der Waals surface area (Å²) in [5, 5.41) is 31.3. The lowest BCUT2D eigenvalue weighted by Crippen LogP contribution is -2.32. The molecular weight excluding hydrogens is 540 g/mol. The van der Waals surface area contributed by atoms with Gasteiger partial charge in [-0.3, -0.25) is 20.2 Å². The minimum atomic E-state index is -3.98. The topological polar surface area (TPSA) is 158 Å². The van der Waals surface area contributed by atoms with Crippen molar-refractivity contribution in [1.82, 2.24) is 0 Å². The Morgan fingerprint density at radius 3 is 2.27 bits per heavy atom. The first kappa shape index (κ1) is 25.5. The van der Waals surface area contributed by atoms with Crippen LogP contribution in [0.2, 0.25) is 0 Å². The maximum atomic E-state index is 12.1. The fourth-order valence-electron chi connectivity index (χ4n) is 5.37. The Morgan fingerprint density at radius 2 is 1.59 bits per heavy atom. The number of hydrogen-bond donors (Lipinski definition) is 2. The summed E-state index contributed by atoms with van der Waals surface area (Å²) in [4.78, 5) is 22.9. The SMILES string of the molecule is NS(=O)(=O)c1ccc2c(c1)[C@@H]1[C@H](Cl)[C@H](Sc3ccccc3[N+](=O)[O-])C[C@H]1[C@H](c1ccccc1[N+](=O)[O-])N2. The first-order valence-corrected chi connectivity index (χ1v) is 14.1. The second kappa shape index (κ2) is 9.60. The van der Waals surface area contributed by atoms with Crippen LogP contribution >= 0.6 is 23.4 Å². The van der Waals surface area contributed by atoms with Crippen molar-refractivity contribution in [3.05, 3.63) is 98.1 Å². The molecule has 1 aliphatic carbocycles. The number of para-hydroxylation sites is 2. The second-order valence-corrected chi connectivity index (χ2v) is 12.3. The minimum absolute atomic E-state index is 0.0310. The number of hydrogen-bond acceptors (Lipinski definition) is 8. The molecule has 5 atom stereocenters. The second-order valence-electron chi connectivity index (χ2n) is 8.98. The van der Waals surface area contributed by atoms with Crippen molar-refractivity contribution < 1.29 is 18.3 Å². The highest BCUT2D eigenvalue weighted by atomic mass is 35.5. The Labute approximate surface area is 221 Å². The number of nitro groups is 2. The Morgan fingerprint density at radius 1 is 0.946 bits per heavy atom. The van der Waals surface area contributed by atoms with Crippen LogP contribution in [-0.4, -0.2) is 28.9 Å². The fourth-order valence-corrected chi connectivity index (χ4v) is 7.86. The number of halogens is 1. The van der Waals surface area contributed by atoms with Gasteiger partial charge in [-0.2, -0.15) is 0 Å². The summed E-state index contributed by atoms with van der Waals surface area (Å²) in [6.45, 7) is 0. The smallest absolute Gasteiger partial charge is 0.282 e. The van der Waals surface area contributed by atoms with Crippen LogP contribution in [0.4, 0.5) is 17.1 Å². The zero-order chi connectivity index (χ0) is 26.5. The van der Waals surface area contributed by atoms with Crippen LogP contribution in [-0.2, 0) is 10.0 Å². The van der Waals surface area contributed by atoms with E-state index in [-0.39, 0.29) is 33.4 Å². The highest BCUT2D eigenvalue weighted by molar-refractivity contribution is 8.00. The molecule has 1 heterocycles. The van der Waals surface area contributed by atoms with E-state index in [9.17, 15) is 28.6 Å². The van der Waals surface area contributed by atoms with E-state index in [0.717, 1.165) is 0 Å². The number of nitrogens with one attached hydrogen (secondary N) is 1. The van der Waals surface area contributed by atoms with Gasteiger partial charge in [0, 0.05) is 29.0 Å². The molecule has 3 N–H and O–H groups in total. The summed E-state index contributed by atoms with van der Waals surface area (Å²) < 4.78 is 24.2. The average Bonchev–Trinajstić information content (AvgIpc) is 3.19. The third-order valence-corrected chi connectivity index (χ3v) is 9.95. The van der Waals surface area contributed by atoms with Crippen molar-refractivity contribution in [2.75, 3.05) is 5.32 Å². The Balaban J connectivity index is 1.61. The molecule has 37 heavy (non-hydrogen) atoms. The molecule has 0 saturated heterocycles. The van der Waals surface area contributed by atoms with Crippen molar-refractivity contribution in [3.63, 3.8) is 0 Å². The van der Waals surface area contributed by atoms with Gasteiger partial charge in [-0.25, -0.2) is 13.6 Å². The van der Waals surface area contributed by atoms with E-state index in [1.165, 1.54) is 36.0 Å². The van der Waals surface area contributed by atoms with Gasteiger partial charge >= 0.3 is 0 Å². The zero-order valence-electron chi connectivity index (χ0n) is 19.1. The van der Waals surface area contributed by atoms with Crippen LogP contribution in [0.5, 0.6) is 0 Å². The Kier molecular flexibility index (Phi) is 6.61. The van der Waals surface area contributed by atoms with Crippen LogP contribution < -0.4 is 10.5 Å². The molecule has 3 aromatic carbocycles. The van der Waals surface area contributed by atoms with Gasteiger partial charge < -0.3 is 5.32 Å². The quantitative estimate of drug-likeness (QED) is 0.237. The molecule has 0 amide bonds. The largest absolute Gasteiger partial charge is 0.377 e. The van der Waals surface area contributed by atoms with E-state index in [2.05, 4.69) is 5.32 Å². The highest BCUT2D eigenvalue weighted by Crippen LogP contribution is 2.58. The number of nitrogens with zero attached hydrogens (tertiary/aromatic N) is 2. The average molecular weight is 561 g/mol. The molecule has 1 fully saturated rings. The van der Waals surface area contributed by atoms with E-state index < -0.39 is 31.3 Å². The molecule has 13 heteroatoms. The molecule has 0 spiro atoms. The molecule has 0 radical (unpaired) electrons. The first-order chi connectivity index (χ1) is 17.6. The molecule has 0 unspecified atom stereocenters. The monoisotopic (exact) mass is 560 g/mol. The third kappa shape index (κ3) is 4.65. The molecule has 3 aromatic rings. The number of rotatable bonds is 6. The van der Waals surface area contributed by atoms with Crippen molar-refractivity contribution >= 4 is 50.4 Å². The summed E-state index contributed by atoms with van der Waals surface area (Å²) >= 11 is 8.34. The molecule has 0 aromatic heterocycles. The van der Waals surface area contributed by atoms with E-state index >= 15 is 0 Å². The maximum absolute atomic E-state index is 12.1. The first-order valence-electron chi connectivity index (χ1n) is 11.3. The predicted molar refractivity (Wildman–Crippen MR) is 141 cm³/mol. The number of benzene rings is 3. The van der Waals surface area contributed by atoms with Gasteiger partial charge in [0.15, 0.2) is 0 Å². The minimum Gasteiger partial charge on any atom is -0.377 e. The molecule has 192 valence electrons. The van der Waals surface area contributed by atoms with Crippen molar-refractivity contribution in [3.8, 4) is 0 Å². The molecule has 1 saturated carbocycles. The van der Waals surface area contributed by atoms with Crippen molar-refractivity contribution in [2.24, 2.45) is 11.1 Å². The Bertz CT molecular complexity index is 1520. The normalized spacial score (nSPS) is 24.5. The molecule has 10 nitrogen and oxygen atoms in total. The van der Waals surface area contributed by atoms with Crippen LogP contribution in [0.25, 0.3) is 0 Å². The number of sulfonamides is 1. The van der Waals surface area contributed by atoms with E-state index in [1.54, 1.807) is 42.5 Å². The van der Waals surface area contributed by atoms with Gasteiger partial charge in [-0.05, 0) is 42.2 Å². The molecule has 5 rings (SSSR count). The molecule has 2 aliphatic rings. The Hall–Kier alpha value is -3.19. The van der Waals surface area contributed by atoms with Crippen LogP contribution in [0.15, 0.2) is 76.5 Å². The lowest BCUT2D eigenvalue weighted by Gasteiger charge is -2.38. The maximum Gasteiger partial charge on any atom is 0.282 e. The highest BCUT2D eigenvalue weighted by Gasteiger charge is 2.51. The number of alkyl halides is 1. The van der Waals surface area contributed by atoms with Gasteiger partial charge in [0.05, 0.1) is 36.6 Å². The molecule has 0 bridgehead atoms. The van der Waals surface area contributed by atoms with Crippen molar-refractivity contribution in [1.29, 1.82) is 0 Å². The van der Waals surface area contributed by atoms with Gasteiger partial charge in [0.2, 0.25) is 10.0 Å². The number of thioether (sulfide) groups is 1. The lowest BCUT2D eigenvalue weighted by molar-refractivity contribution is -0.387. The van der Waals surface area contributed by atoms with E-state index in [0.29, 0.717) is 28.1 Å². The van der Waals surface area contributed by atoms with E-state index in [4.69, 9.17) is 16.7 Å². The van der Waals surface area contributed by atoms with Crippen LogP contribution in [0.1, 0.15) is 29.5 Å². The summed E-state index contributed by atoms with van der Waals surface area (Å²) in [5.41, 5.74) is 1.68. The summed E-state index contributed by atoms with van der Waals surface area (Å²) in [5.74, 6) is -0.642. The van der Waals surface area contributed by atoms with Gasteiger partial charge in [-0.15, -0.1) is 23.4 Å². The number of fused-ring (bicyclic) bond motifs is 3. The zero-order valence-corrected chi connectivity index (χ0v) is 21.4. The predicted octanol–water partition coefficient (Wildman–Crippen LogP) is 5.19. The number of nitro benzene ring substituents is 2. The lowest BCUT2D eigenvalue weighted by atomic mass is 9.77. The summed E-state index contributed by atoms with van der Waals surface area (Å²) in [6, 6.07) is 16.9. The number of anilines is 1. The summed E-state index contributed by atoms with van der Waals surface area (Å²) in [7, 11) is -3.98. The van der Waals surface area contributed by atoms with Gasteiger partial charge in [-0.1, -0.05) is 30.3 Å². The third-order valence-electron chi connectivity index (χ3n) is 6.92. The van der Waals surface area contributed by atoms with E-state index in [1.807, 2.05) is 0 Å². The standard InChI is InChI=1S/C24H21ClN4O6S2/c25-23-21(36-20-8-4-3-7-19(20)29(32)33)12-16-22(23)15-11-13(37(26,34)35)9-10-17(15)27-24(16)14-5-1-2-6-18(14)28(30)31/h1-11,16,21-24,27H,12H2,(H2,26,34,35)/t16-,21-,22+,23-,24+/m1/s1. The van der Waals surface area contributed by atoms with Gasteiger partial charge in [0.1, 0.15) is 0 Å². The molecule has 1 aliphatic heterocycles. The number of primary sulfonamides is 1. The molecular formula is C24H21ClN4O6S2. The van der Waals surface area contributed by atoms with Gasteiger partial charge in [0.25, 0.3) is 11.4 Å². The summed E-state index contributed by atoms with van der Waals surface area (Å²) in [6.07, 6.45) is 0.484. The number of nitrogens with two attached hydrogens (primary N) is 1. The fraction of sp³-hybridized carbons (Fsp3) is 0.250. The van der Waals surface area contributed by atoms with Crippen LogP contribution in [0.3, 0.4) is 0 Å².